The molecule has 0 amide bonds. The number of allylic oxidation sites excluding steroid dienone is 1. The number of anilines is 1. The number of rotatable bonds is 5. The number of nitrogens with one attached hydrogen (secondary N) is 1. The predicted molar refractivity (Wildman–Crippen MR) is 91.8 cm³/mol. The smallest absolute Gasteiger partial charge is 0.193 e. The molecule has 0 radical (unpaired) electrons. The van der Waals surface area contributed by atoms with Crippen molar-refractivity contribution in [3.63, 3.8) is 0 Å². The molecule has 3 heteroatoms. The van der Waals surface area contributed by atoms with E-state index in [4.69, 9.17) is 4.43 Å². The molecule has 1 N–H and O–H groups in total. The summed E-state index contributed by atoms with van der Waals surface area (Å²) >= 11 is 0. The second-order valence-electron chi connectivity index (χ2n) is 6.66. The van der Waals surface area contributed by atoms with Crippen LogP contribution in [0.4, 0.5) is 5.69 Å². The van der Waals surface area contributed by atoms with Gasteiger partial charge in [0.25, 0.3) is 0 Å². The first-order chi connectivity index (χ1) is 9.23. The van der Waals surface area contributed by atoms with Gasteiger partial charge >= 0.3 is 0 Å². The van der Waals surface area contributed by atoms with Gasteiger partial charge in [-0.25, -0.2) is 0 Å². The van der Waals surface area contributed by atoms with Gasteiger partial charge in [0.15, 0.2) is 8.32 Å². The lowest BCUT2D eigenvalue weighted by Crippen LogP contribution is -2.41. The maximum atomic E-state index is 6.58. The molecule has 112 valence electrons. The predicted octanol–water partition coefficient (Wildman–Crippen LogP) is 5.37. The monoisotopic (exact) mass is 291 g/mol. The first-order valence-corrected chi connectivity index (χ1v) is 10.2. The van der Waals surface area contributed by atoms with Crippen molar-refractivity contribution in [1.29, 1.82) is 0 Å². The van der Waals surface area contributed by atoms with Crippen LogP contribution in [-0.2, 0) is 4.43 Å². The summed E-state index contributed by atoms with van der Waals surface area (Å²) in [5.74, 6) is 0. The quantitative estimate of drug-likeness (QED) is 0.582. The summed E-state index contributed by atoms with van der Waals surface area (Å²) in [5.41, 5.74) is 2.34. The maximum Gasteiger partial charge on any atom is 0.193 e. The Bertz CT molecular complexity index is 460. The van der Waals surface area contributed by atoms with E-state index in [9.17, 15) is 0 Å². The van der Waals surface area contributed by atoms with Crippen LogP contribution in [0, 0.1) is 0 Å². The van der Waals surface area contributed by atoms with Gasteiger partial charge in [0, 0.05) is 18.3 Å². The lowest BCUT2D eigenvalue weighted by atomic mass is 10.1. The van der Waals surface area contributed by atoms with E-state index in [0.717, 1.165) is 5.69 Å². The van der Waals surface area contributed by atoms with Gasteiger partial charge in [-0.05, 0) is 31.1 Å². The summed E-state index contributed by atoms with van der Waals surface area (Å²) in [5, 5.41) is 3.47. The summed E-state index contributed by atoms with van der Waals surface area (Å²) in [6.45, 7) is 13.5. The Morgan fingerprint density at radius 3 is 2.30 bits per heavy atom. The van der Waals surface area contributed by atoms with Gasteiger partial charge in [0.2, 0.25) is 0 Å². The Morgan fingerprint density at radius 2 is 1.80 bits per heavy atom. The first kappa shape index (κ1) is 17.0. The minimum absolute atomic E-state index is 0.0181. The maximum absolute atomic E-state index is 6.58. The van der Waals surface area contributed by atoms with Crippen molar-refractivity contribution in [2.24, 2.45) is 0 Å². The molecule has 0 saturated heterocycles. The van der Waals surface area contributed by atoms with Crippen LogP contribution in [0.25, 0.3) is 0 Å². The summed E-state index contributed by atoms with van der Waals surface area (Å²) in [4.78, 5) is 0. The lowest BCUT2D eigenvalue weighted by molar-refractivity contribution is 0.230. The molecule has 2 nitrogen and oxygen atoms in total. The van der Waals surface area contributed by atoms with Crippen molar-refractivity contribution >= 4 is 14.0 Å². The van der Waals surface area contributed by atoms with Crippen molar-refractivity contribution in [3.05, 3.63) is 42.0 Å². The molecule has 0 aliphatic heterocycles. The molecule has 0 saturated carbocycles. The average molecular weight is 292 g/mol. The molecule has 0 aliphatic carbocycles. The normalized spacial score (nSPS) is 14.6. The van der Waals surface area contributed by atoms with Crippen molar-refractivity contribution < 1.29 is 4.43 Å². The molecule has 1 aromatic rings. The SMILES string of the molecule is C/C=C/C(O[Si](C)(C)C(C)(C)C)c1ccccc1NC. The topological polar surface area (TPSA) is 21.3 Å². The van der Waals surface area contributed by atoms with E-state index in [2.05, 4.69) is 69.5 Å². The average Bonchev–Trinajstić information content (AvgIpc) is 2.36. The van der Waals surface area contributed by atoms with Gasteiger partial charge in [-0.15, -0.1) is 0 Å². The van der Waals surface area contributed by atoms with Gasteiger partial charge in [-0.1, -0.05) is 51.1 Å². The lowest BCUT2D eigenvalue weighted by Gasteiger charge is -2.39. The van der Waals surface area contributed by atoms with Gasteiger partial charge in [-0.3, -0.25) is 0 Å². The van der Waals surface area contributed by atoms with Crippen LogP contribution in [-0.4, -0.2) is 15.4 Å². The summed E-state index contributed by atoms with van der Waals surface area (Å²) in [7, 11) is 0.154. The zero-order chi connectivity index (χ0) is 15.4. The van der Waals surface area contributed by atoms with E-state index in [1.807, 2.05) is 20.0 Å². The van der Waals surface area contributed by atoms with Crippen LogP contribution in [0.1, 0.15) is 39.4 Å². The minimum Gasteiger partial charge on any atom is -0.406 e. The highest BCUT2D eigenvalue weighted by molar-refractivity contribution is 6.74. The molecule has 0 aromatic heterocycles. The highest BCUT2D eigenvalue weighted by atomic mass is 28.4. The fourth-order valence-electron chi connectivity index (χ4n) is 1.85. The van der Waals surface area contributed by atoms with Gasteiger partial charge in [-0.2, -0.15) is 0 Å². The van der Waals surface area contributed by atoms with Crippen LogP contribution < -0.4 is 5.32 Å². The number of hydrogen-bond donors (Lipinski definition) is 1. The summed E-state index contributed by atoms with van der Waals surface area (Å²) in [6, 6.07) is 8.36. The van der Waals surface area contributed by atoms with Gasteiger partial charge in [0.1, 0.15) is 0 Å². The Balaban J connectivity index is 3.13. The molecular formula is C17H29NOSi. The molecule has 0 bridgehead atoms. The van der Waals surface area contributed by atoms with E-state index < -0.39 is 8.32 Å². The molecule has 0 aliphatic rings. The second kappa shape index (κ2) is 6.59. The van der Waals surface area contributed by atoms with Crippen LogP contribution >= 0.6 is 0 Å². The molecule has 20 heavy (non-hydrogen) atoms. The van der Waals surface area contributed by atoms with E-state index in [0.29, 0.717) is 0 Å². The highest BCUT2D eigenvalue weighted by Crippen LogP contribution is 2.41. The largest absolute Gasteiger partial charge is 0.406 e. The molecule has 1 aromatic carbocycles. The number of benzene rings is 1. The minimum atomic E-state index is -1.80. The third-order valence-electron chi connectivity index (χ3n) is 4.13. The van der Waals surface area contributed by atoms with E-state index in [-0.39, 0.29) is 11.1 Å². The first-order valence-electron chi connectivity index (χ1n) is 7.30. The summed E-state index contributed by atoms with van der Waals surface area (Å²) in [6.07, 6.45) is 4.24. The Labute approximate surface area is 125 Å². The Hall–Kier alpha value is -1.06. The van der Waals surface area contributed by atoms with E-state index >= 15 is 0 Å². The Kier molecular flexibility index (Phi) is 5.60. The number of para-hydroxylation sites is 1. The van der Waals surface area contributed by atoms with E-state index in [1.165, 1.54) is 5.56 Å². The third-order valence-corrected chi connectivity index (χ3v) is 8.59. The highest BCUT2D eigenvalue weighted by Gasteiger charge is 2.39. The Morgan fingerprint density at radius 1 is 1.20 bits per heavy atom. The molecule has 0 heterocycles. The molecule has 0 spiro atoms. The zero-order valence-corrected chi connectivity index (χ0v) is 14.9. The van der Waals surface area contributed by atoms with Crippen LogP contribution in [0.2, 0.25) is 18.1 Å². The fraction of sp³-hybridized carbons (Fsp3) is 0.529. The molecular weight excluding hydrogens is 262 g/mol. The van der Waals surface area contributed by atoms with Gasteiger partial charge < -0.3 is 9.74 Å². The van der Waals surface area contributed by atoms with Crippen molar-refractivity contribution in [2.75, 3.05) is 12.4 Å². The van der Waals surface area contributed by atoms with Crippen molar-refractivity contribution in [2.45, 2.75) is 51.9 Å². The standard InChI is InChI=1S/C17H29NOSi/c1-8-11-16(19-20(6,7)17(2,3)4)14-12-9-10-13-15(14)18-5/h8-13,16,18H,1-7H3/b11-8+. The molecule has 1 unspecified atom stereocenters. The number of hydrogen-bond acceptors (Lipinski definition) is 2. The molecule has 1 rings (SSSR count). The molecule has 0 fully saturated rings. The van der Waals surface area contributed by atoms with Crippen LogP contribution in [0.5, 0.6) is 0 Å². The van der Waals surface area contributed by atoms with Crippen molar-refractivity contribution in [1.82, 2.24) is 0 Å². The zero-order valence-electron chi connectivity index (χ0n) is 13.9. The fourth-order valence-corrected chi connectivity index (χ4v) is 3.04. The van der Waals surface area contributed by atoms with Crippen molar-refractivity contribution in [3.8, 4) is 0 Å². The van der Waals surface area contributed by atoms with E-state index in [1.54, 1.807) is 0 Å². The second-order valence-corrected chi connectivity index (χ2v) is 11.4. The molecule has 1 atom stereocenters. The van der Waals surface area contributed by atoms with Gasteiger partial charge in [0.05, 0.1) is 6.10 Å². The van der Waals surface area contributed by atoms with Crippen LogP contribution in [0.3, 0.4) is 0 Å². The van der Waals surface area contributed by atoms with Crippen LogP contribution in [0.15, 0.2) is 36.4 Å². The summed E-state index contributed by atoms with van der Waals surface area (Å²) < 4.78 is 6.58. The third kappa shape index (κ3) is 3.97.